The van der Waals surface area contributed by atoms with Crippen molar-refractivity contribution in [2.24, 2.45) is 5.41 Å². The molecule has 70 valence electrons. The lowest BCUT2D eigenvalue weighted by atomic mass is 9.79. The smallest absolute Gasteiger partial charge is 0.311 e. The summed E-state index contributed by atoms with van der Waals surface area (Å²) in [5.41, 5.74) is -0.401. The van der Waals surface area contributed by atoms with Crippen LogP contribution in [0, 0.1) is 5.41 Å². The highest BCUT2D eigenvalue weighted by Gasteiger charge is 2.48. The number of carboxylic acids is 1. The SMILES string of the molecule is CC1(C(=O)O)CN(C(C)(C)C)C1. The van der Waals surface area contributed by atoms with Crippen LogP contribution >= 0.6 is 0 Å². The van der Waals surface area contributed by atoms with E-state index in [-0.39, 0.29) is 5.54 Å². The Bertz CT molecular complexity index is 199. The highest BCUT2D eigenvalue weighted by molar-refractivity contribution is 5.76. The normalized spacial score (nSPS) is 23.3. The van der Waals surface area contributed by atoms with E-state index >= 15 is 0 Å². The average Bonchev–Trinajstić information content (AvgIpc) is 1.77. The first kappa shape index (κ1) is 9.52. The van der Waals surface area contributed by atoms with Gasteiger partial charge in [0.05, 0.1) is 5.41 Å². The molecule has 3 heteroatoms. The minimum Gasteiger partial charge on any atom is -0.481 e. The second-order valence-corrected chi connectivity index (χ2v) is 4.89. The number of nitrogens with zero attached hydrogens (tertiary/aromatic N) is 1. The fourth-order valence-corrected chi connectivity index (χ4v) is 1.41. The maximum Gasteiger partial charge on any atom is 0.311 e. The standard InChI is InChI=1S/C9H17NO2/c1-8(2,3)10-5-9(4,6-10)7(11)12/h5-6H2,1-4H3,(H,11,12). The lowest BCUT2D eigenvalue weighted by molar-refractivity contribution is -0.163. The van der Waals surface area contributed by atoms with Crippen molar-refractivity contribution in [1.82, 2.24) is 4.90 Å². The number of hydrogen-bond acceptors (Lipinski definition) is 2. The Balaban J connectivity index is 2.53. The van der Waals surface area contributed by atoms with E-state index in [1.807, 2.05) is 0 Å². The van der Waals surface area contributed by atoms with Crippen LogP contribution in [0.2, 0.25) is 0 Å². The first-order valence-corrected chi connectivity index (χ1v) is 4.24. The van der Waals surface area contributed by atoms with Crippen molar-refractivity contribution in [3.8, 4) is 0 Å². The lowest BCUT2D eigenvalue weighted by Crippen LogP contribution is -2.64. The second-order valence-electron chi connectivity index (χ2n) is 4.89. The summed E-state index contributed by atoms with van der Waals surface area (Å²) >= 11 is 0. The number of carboxylic acid groups (broad SMARTS) is 1. The summed E-state index contributed by atoms with van der Waals surface area (Å²) in [5, 5.41) is 8.85. The predicted molar refractivity (Wildman–Crippen MR) is 47.1 cm³/mol. The monoisotopic (exact) mass is 171 g/mol. The molecule has 1 rings (SSSR count). The van der Waals surface area contributed by atoms with E-state index < -0.39 is 11.4 Å². The lowest BCUT2D eigenvalue weighted by Gasteiger charge is -2.51. The molecule has 1 aliphatic rings. The molecule has 0 aromatic rings. The van der Waals surface area contributed by atoms with Crippen LogP contribution in [0.5, 0.6) is 0 Å². The quantitative estimate of drug-likeness (QED) is 0.644. The van der Waals surface area contributed by atoms with Crippen LogP contribution < -0.4 is 0 Å². The Morgan fingerprint density at radius 3 is 2.08 bits per heavy atom. The topological polar surface area (TPSA) is 40.5 Å². The molecule has 3 nitrogen and oxygen atoms in total. The molecule has 0 amide bonds. The van der Waals surface area contributed by atoms with E-state index in [1.165, 1.54) is 0 Å². The van der Waals surface area contributed by atoms with Gasteiger partial charge in [-0.15, -0.1) is 0 Å². The van der Waals surface area contributed by atoms with Crippen LogP contribution in [0.4, 0.5) is 0 Å². The summed E-state index contributed by atoms with van der Waals surface area (Å²) in [7, 11) is 0. The van der Waals surface area contributed by atoms with Gasteiger partial charge in [0.15, 0.2) is 0 Å². The minimum atomic E-state index is -0.678. The molecule has 0 aromatic heterocycles. The Morgan fingerprint density at radius 1 is 1.42 bits per heavy atom. The molecule has 1 heterocycles. The fraction of sp³-hybridized carbons (Fsp3) is 0.889. The number of aliphatic carboxylic acids is 1. The van der Waals surface area contributed by atoms with Gasteiger partial charge < -0.3 is 5.11 Å². The van der Waals surface area contributed by atoms with Crippen molar-refractivity contribution >= 4 is 5.97 Å². The van der Waals surface area contributed by atoms with Gasteiger partial charge in [-0.2, -0.15) is 0 Å². The minimum absolute atomic E-state index is 0.106. The Hall–Kier alpha value is -0.570. The first-order chi connectivity index (χ1) is 5.26. The van der Waals surface area contributed by atoms with Crippen molar-refractivity contribution in [3.63, 3.8) is 0 Å². The zero-order chi connectivity index (χ0) is 9.57. The highest BCUT2D eigenvalue weighted by atomic mass is 16.4. The Morgan fingerprint density at radius 2 is 1.83 bits per heavy atom. The van der Waals surface area contributed by atoms with Gasteiger partial charge >= 0.3 is 5.97 Å². The van der Waals surface area contributed by atoms with Gasteiger partial charge in [-0.25, -0.2) is 0 Å². The van der Waals surface area contributed by atoms with E-state index in [9.17, 15) is 4.79 Å². The molecule has 0 saturated carbocycles. The van der Waals surface area contributed by atoms with Crippen molar-refractivity contribution in [2.45, 2.75) is 33.2 Å². The molecule has 0 atom stereocenters. The molecule has 1 fully saturated rings. The third-order valence-electron chi connectivity index (χ3n) is 2.54. The van der Waals surface area contributed by atoms with Crippen molar-refractivity contribution in [3.05, 3.63) is 0 Å². The molecule has 0 aliphatic carbocycles. The molecular formula is C9H17NO2. The summed E-state index contributed by atoms with van der Waals surface area (Å²) < 4.78 is 0. The van der Waals surface area contributed by atoms with E-state index in [2.05, 4.69) is 25.7 Å². The molecule has 0 aromatic carbocycles. The largest absolute Gasteiger partial charge is 0.481 e. The van der Waals surface area contributed by atoms with Crippen LogP contribution in [0.1, 0.15) is 27.7 Å². The molecule has 0 radical (unpaired) electrons. The average molecular weight is 171 g/mol. The molecule has 0 unspecified atom stereocenters. The second kappa shape index (κ2) is 2.46. The van der Waals surface area contributed by atoms with Crippen LogP contribution in [0.3, 0.4) is 0 Å². The van der Waals surface area contributed by atoms with Gasteiger partial charge in [-0.3, -0.25) is 9.69 Å². The summed E-state index contributed by atoms with van der Waals surface area (Å²) in [6, 6.07) is 0. The van der Waals surface area contributed by atoms with Crippen LogP contribution in [-0.2, 0) is 4.79 Å². The molecule has 1 aliphatic heterocycles. The van der Waals surface area contributed by atoms with Crippen LogP contribution in [0.25, 0.3) is 0 Å². The summed E-state index contributed by atoms with van der Waals surface area (Å²) in [4.78, 5) is 12.9. The third kappa shape index (κ3) is 1.46. The Labute approximate surface area is 73.4 Å². The van der Waals surface area contributed by atoms with Gasteiger partial charge in [0.2, 0.25) is 0 Å². The number of likely N-dealkylation sites (tertiary alicyclic amines) is 1. The van der Waals surface area contributed by atoms with Gasteiger partial charge in [0, 0.05) is 18.6 Å². The zero-order valence-electron chi connectivity index (χ0n) is 8.22. The van der Waals surface area contributed by atoms with Crippen LogP contribution in [-0.4, -0.2) is 34.6 Å². The number of carbonyl (C=O) groups is 1. The van der Waals surface area contributed by atoms with Gasteiger partial charge in [-0.05, 0) is 27.7 Å². The molecule has 0 spiro atoms. The first-order valence-electron chi connectivity index (χ1n) is 4.24. The highest BCUT2D eigenvalue weighted by Crippen LogP contribution is 2.35. The number of hydrogen-bond donors (Lipinski definition) is 1. The molecule has 1 N–H and O–H groups in total. The fourth-order valence-electron chi connectivity index (χ4n) is 1.41. The Kier molecular flexibility index (Phi) is 1.95. The maximum atomic E-state index is 10.7. The molecule has 0 bridgehead atoms. The van der Waals surface area contributed by atoms with E-state index in [1.54, 1.807) is 6.92 Å². The maximum absolute atomic E-state index is 10.7. The van der Waals surface area contributed by atoms with Crippen molar-refractivity contribution < 1.29 is 9.90 Å². The van der Waals surface area contributed by atoms with E-state index in [4.69, 9.17) is 5.11 Å². The van der Waals surface area contributed by atoms with E-state index in [0.717, 1.165) is 0 Å². The van der Waals surface area contributed by atoms with E-state index in [0.29, 0.717) is 13.1 Å². The summed E-state index contributed by atoms with van der Waals surface area (Å²) in [5.74, 6) is -0.678. The summed E-state index contributed by atoms with van der Waals surface area (Å²) in [6.45, 7) is 9.46. The molecule has 1 saturated heterocycles. The van der Waals surface area contributed by atoms with Gasteiger partial charge in [0.25, 0.3) is 0 Å². The summed E-state index contributed by atoms with van der Waals surface area (Å²) in [6.07, 6.45) is 0. The molecular weight excluding hydrogens is 154 g/mol. The zero-order valence-corrected chi connectivity index (χ0v) is 8.22. The third-order valence-corrected chi connectivity index (χ3v) is 2.54. The van der Waals surface area contributed by atoms with Gasteiger partial charge in [-0.1, -0.05) is 0 Å². The van der Waals surface area contributed by atoms with Crippen LogP contribution in [0.15, 0.2) is 0 Å². The van der Waals surface area contributed by atoms with Gasteiger partial charge in [0.1, 0.15) is 0 Å². The number of rotatable bonds is 1. The molecule has 12 heavy (non-hydrogen) atoms. The predicted octanol–water partition coefficient (Wildman–Crippen LogP) is 1.19. The van der Waals surface area contributed by atoms with Crippen molar-refractivity contribution in [2.75, 3.05) is 13.1 Å². The van der Waals surface area contributed by atoms with Crippen molar-refractivity contribution in [1.29, 1.82) is 0 Å².